The molecule has 1 aromatic rings. The van der Waals surface area contributed by atoms with Gasteiger partial charge in [0, 0.05) is 6.04 Å². The lowest BCUT2D eigenvalue weighted by atomic mass is 9.82. The predicted octanol–water partition coefficient (Wildman–Crippen LogP) is 3.62. The van der Waals surface area contributed by atoms with Crippen LogP contribution in [0.25, 0.3) is 0 Å². The molecule has 0 saturated heterocycles. The van der Waals surface area contributed by atoms with E-state index < -0.39 is 0 Å². The lowest BCUT2D eigenvalue weighted by Gasteiger charge is -2.31. The normalized spacial score (nSPS) is 17.0. The first-order valence-electron chi connectivity index (χ1n) is 7.71. The molecule has 4 heteroatoms. The van der Waals surface area contributed by atoms with Crippen LogP contribution >= 0.6 is 0 Å². The van der Waals surface area contributed by atoms with Crippen LogP contribution in [0.15, 0.2) is 24.3 Å². The van der Waals surface area contributed by atoms with E-state index in [0.29, 0.717) is 12.3 Å². The Bertz CT molecular complexity index is 455. The van der Waals surface area contributed by atoms with E-state index >= 15 is 0 Å². The van der Waals surface area contributed by atoms with Gasteiger partial charge in [0.25, 0.3) is 0 Å². The Labute approximate surface area is 126 Å². The topological polar surface area (TPSA) is 47.6 Å². The Kier molecular flexibility index (Phi) is 5.90. The highest BCUT2D eigenvalue weighted by atomic mass is 16.5. The van der Waals surface area contributed by atoms with Gasteiger partial charge in [0.1, 0.15) is 5.75 Å². The molecule has 116 valence electrons. The Morgan fingerprint density at radius 3 is 2.62 bits per heavy atom. The first-order valence-corrected chi connectivity index (χ1v) is 7.71. The molecule has 1 aliphatic carbocycles. The Morgan fingerprint density at radius 1 is 1.24 bits per heavy atom. The molecule has 2 rings (SSSR count). The van der Waals surface area contributed by atoms with E-state index in [2.05, 4.69) is 5.32 Å². The van der Waals surface area contributed by atoms with Gasteiger partial charge in [-0.2, -0.15) is 0 Å². The monoisotopic (exact) mass is 291 g/mol. The van der Waals surface area contributed by atoms with Gasteiger partial charge in [-0.25, -0.2) is 0 Å². The highest BCUT2D eigenvalue weighted by Gasteiger charge is 2.26. The molecule has 1 unspecified atom stereocenters. The van der Waals surface area contributed by atoms with Crippen molar-refractivity contribution in [2.45, 2.75) is 44.6 Å². The highest BCUT2D eigenvalue weighted by molar-refractivity contribution is 5.71. The summed E-state index contributed by atoms with van der Waals surface area (Å²) in [6, 6.07) is 7.94. The largest absolute Gasteiger partial charge is 0.495 e. The third-order valence-electron chi connectivity index (χ3n) is 4.28. The van der Waals surface area contributed by atoms with Gasteiger partial charge in [0.05, 0.1) is 26.3 Å². The van der Waals surface area contributed by atoms with Crippen molar-refractivity contribution < 1.29 is 14.3 Å². The molecule has 0 aliphatic heterocycles. The number of para-hydroxylation sites is 2. The summed E-state index contributed by atoms with van der Waals surface area (Å²) >= 11 is 0. The molecule has 0 spiro atoms. The molecule has 0 radical (unpaired) electrons. The van der Waals surface area contributed by atoms with Crippen LogP contribution in [0.3, 0.4) is 0 Å². The molecule has 1 fully saturated rings. The molecule has 1 aromatic carbocycles. The number of rotatable bonds is 6. The number of carbonyl (C=O) groups is 1. The standard InChI is InChI=1S/C17H25NO3/c1-20-16-11-7-6-10-14(16)18-15(12-17(19)21-2)13-8-4-3-5-9-13/h6-7,10-11,13,15,18H,3-5,8-9,12H2,1-2H3. The number of ether oxygens (including phenoxy) is 2. The molecule has 1 N–H and O–H groups in total. The van der Waals surface area contributed by atoms with Crippen molar-refractivity contribution >= 4 is 11.7 Å². The Hall–Kier alpha value is -1.71. The molecular formula is C17H25NO3. The number of hydrogen-bond donors (Lipinski definition) is 1. The highest BCUT2D eigenvalue weighted by Crippen LogP contribution is 2.32. The van der Waals surface area contributed by atoms with E-state index in [-0.39, 0.29) is 12.0 Å². The quantitative estimate of drug-likeness (QED) is 0.813. The number of hydrogen-bond acceptors (Lipinski definition) is 4. The fraction of sp³-hybridized carbons (Fsp3) is 0.588. The van der Waals surface area contributed by atoms with Crippen LogP contribution in [-0.2, 0) is 9.53 Å². The number of benzene rings is 1. The zero-order valence-corrected chi connectivity index (χ0v) is 12.9. The third-order valence-corrected chi connectivity index (χ3v) is 4.28. The van der Waals surface area contributed by atoms with E-state index in [1.807, 2.05) is 24.3 Å². The van der Waals surface area contributed by atoms with Crippen LogP contribution < -0.4 is 10.1 Å². The second-order valence-corrected chi connectivity index (χ2v) is 5.63. The summed E-state index contributed by atoms with van der Waals surface area (Å²) < 4.78 is 10.2. The van der Waals surface area contributed by atoms with Gasteiger partial charge in [-0.3, -0.25) is 4.79 Å². The minimum Gasteiger partial charge on any atom is -0.495 e. The first kappa shape index (κ1) is 15.7. The van der Waals surface area contributed by atoms with Gasteiger partial charge in [-0.1, -0.05) is 31.4 Å². The molecule has 4 nitrogen and oxygen atoms in total. The average molecular weight is 291 g/mol. The first-order chi connectivity index (χ1) is 10.2. The predicted molar refractivity (Wildman–Crippen MR) is 83.6 cm³/mol. The van der Waals surface area contributed by atoms with E-state index in [4.69, 9.17) is 9.47 Å². The van der Waals surface area contributed by atoms with Gasteiger partial charge in [-0.05, 0) is 30.9 Å². The van der Waals surface area contributed by atoms with Crippen molar-refractivity contribution in [1.29, 1.82) is 0 Å². The number of esters is 1. The van der Waals surface area contributed by atoms with Gasteiger partial charge in [-0.15, -0.1) is 0 Å². The minimum absolute atomic E-state index is 0.106. The second kappa shape index (κ2) is 7.91. The van der Waals surface area contributed by atoms with Crippen molar-refractivity contribution in [3.05, 3.63) is 24.3 Å². The number of anilines is 1. The molecule has 0 amide bonds. The molecule has 21 heavy (non-hydrogen) atoms. The molecular weight excluding hydrogens is 266 g/mol. The van der Waals surface area contributed by atoms with Gasteiger partial charge in [0.2, 0.25) is 0 Å². The maximum absolute atomic E-state index is 11.7. The van der Waals surface area contributed by atoms with Crippen LogP contribution in [0.5, 0.6) is 5.75 Å². The fourth-order valence-corrected chi connectivity index (χ4v) is 3.10. The SMILES string of the molecule is COC(=O)CC(Nc1ccccc1OC)C1CCCCC1. The van der Waals surface area contributed by atoms with Crippen LogP contribution in [-0.4, -0.2) is 26.2 Å². The van der Waals surface area contributed by atoms with Crippen molar-refractivity contribution in [1.82, 2.24) is 0 Å². The van der Waals surface area contributed by atoms with Gasteiger partial charge >= 0.3 is 5.97 Å². The molecule has 1 aliphatic rings. The lowest BCUT2D eigenvalue weighted by molar-refractivity contribution is -0.141. The minimum atomic E-state index is -0.159. The van der Waals surface area contributed by atoms with Gasteiger partial charge in [0.15, 0.2) is 0 Å². The number of methoxy groups -OCH3 is 2. The summed E-state index contributed by atoms with van der Waals surface area (Å²) in [6.07, 6.45) is 6.54. The maximum Gasteiger partial charge on any atom is 0.307 e. The Morgan fingerprint density at radius 2 is 1.95 bits per heavy atom. The summed E-state index contributed by atoms with van der Waals surface area (Å²) in [5.74, 6) is 1.17. The molecule has 0 heterocycles. The molecule has 0 aromatic heterocycles. The van der Waals surface area contributed by atoms with E-state index in [9.17, 15) is 4.79 Å². The van der Waals surface area contributed by atoms with E-state index in [1.165, 1.54) is 39.2 Å². The second-order valence-electron chi connectivity index (χ2n) is 5.63. The Balaban J connectivity index is 2.12. The number of carbonyl (C=O) groups excluding carboxylic acids is 1. The third kappa shape index (κ3) is 4.38. The summed E-state index contributed by atoms with van der Waals surface area (Å²) in [5.41, 5.74) is 0.944. The zero-order chi connectivity index (χ0) is 15.1. The molecule has 1 saturated carbocycles. The van der Waals surface area contributed by atoms with Gasteiger partial charge < -0.3 is 14.8 Å². The van der Waals surface area contributed by atoms with E-state index in [1.54, 1.807) is 7.11 Å². The summed E-state index contributed by atoms with van der Waals surface area (Å²) in [5, 5.41) is 3.51. The van der Waals surface area contributed by atoms with Crippen molar-refractivity contribution in [3.8, 4) is 5.75 Å². The summed E-state index contributed by atoms with van der Waals surface area (Å²) in [6.45, 7) is 0. The lowest BCUT2D eigenvalue weighted by Crippen LogP contribution is -2.33. The fourth-order valence-electron chi connectivity index (χ4n) is 3.10. The summed E-state index contributed by atoms with van der Waals surface area (Å²) in [4.78, 5) is 11.7. The smallest absolute Gasteiger partial charge is 0.307 e. The van der Waals surface area contributed by atoms with Crippen molar-refractivity contribution in [2.75, 3.05) is 19.5 Å². The van der Waals surface area contributed by atoms with Crippen LogP contribution in [0, 0.1) is 5.92 Å². The van der Waals surface area contributed by atoms with E-state index in [0.717, 1.165) is 11.4 Å². The van der Waals surface area contributed by atoms with Crippen molar-refractivity contribution in [2.24, 2.45) is 5.92 Å². The number of nitrogens with one attached hydrogen (secondary N) is 1. The summed E-state index contributed by atoms with van der Waals surface area (Å²) in [7, 11) is 3.11. The van der Waals surface area contributed by atoms with Crippen molar-refractivity contribution in [3.63, 3.8) is 0 Å². The zero-order valence-electron chi connectivity index (χ0n) is 12.9. The van der Waals surface area contributed by atoms with Crippen LogP contribution in [0.2, 0.25) is 0 Å². The molecule has 0 bridgehead atoms. The van der Waals surface area contributed by atoms with Crippen LogP contribution in [0.4, 0.5) is 5.69 Å². The maximum atomic E-state index is 11.7. The molecule has 1 atom stereocenters. The van der Waals surface area contributed by atoms with Crippen LogP contribution in [0.1, 0.15) is 38.5 Å². The average Bonchev–Trinajstić information content (AvgIpc) is 2.55.